The number of hydrogen-bond donors (Lipinski definition) is 1. The van der Waals surface area contributed by atoms with Crippen LogP contribution in [0.25, 0.3) is 11.3 Å². The molecule has 1 aliphatic heterocycles. The third-order valence-corrected chi connectivity index (χ3v) is 3.97. The number of ether oxygens (including phenoxy) is 1. The highest BCUT2D eigenvalue weighted by molar-refractivity contribution is 7.71. The van der Waals surface area contributed by atoms with E-state index in [9.17, 15) is 0 Å². The van der Waals surface area contributed by atoms with Crippen LogP contribution in [0.5, 0.6) is 0 Å². The highest BCUT2D eigenvalue weighted by atomic mass is 32.1. The van der Waals surface area contributed by atoms with Gasteiger partial charge in [0.1, 0.15) is 0 Å². The smallest absolute Gasteiger partial charge is 0.177 e. The molecule has 1 N–H and O–H groups in total. The van der Waals surface area contributed by atoms with Gasteiger partial charge < -0.3 is 14.3 Å². The number of rotatable bonds is 3. The zero-order chi connectivity index (χ0) is 13.1. The van der Waals surface area contributed by atoms with Crippen molar-refractivity contribution in [2.24, 2.45) is 5.92 Å². The first kappa shape index (κ1) is 12.6. The SMILES string of the molecule is S=c1[nH]cc(-c2ccccc2)n1CC1CCCOC1. The van der Waals surface area contributed by atoms with Gasteiger partial charge in [0.25, 0.3) is 0 Å². The van der Waals surface area contributed by atoms with E-state index in [1.807, 2.05) is 12.3 Å². The molecule has 3 rings (SSSR count). The van der Waals surface area contributed by atoms with Gasteiger partial charge in [0.15, 0.2) is 4.77 Å². The summed E-state index contributed by atoms with van der Waals surface area (Å²) in [4.78, 5) is 3.16. The Kier molecular flexibility index (Phi) is 3.80. The molecule has 1 atom stereocenters. The minimum Gasteiger partial charge on any atom is -0.381 e. The van der Waals surface area contributed by atoms with Gasteiger partial charge in [-0.15, -0.1) is 0 Å². The molecule has 0 bridgehead atoms. The molecule has 0 saturated carbocycles. The fourth-order valence-corrected chi connectivity index (χ4v) is 2.87. The van der Waals surface area contributed by atoms with E-state index >= 15 is 0 Å². The Morgan fingerprint density at radius 3 is 2.89 bits per heavy atom. The number of imidazole rings is 1. The van der Waals surface area contributed by atoms with E-state index < -0.39 is 0 Å². The monoisotopic (exact) mass is 274 g/mol. The van der Waals surface area contributed by atoms with E-state index in [1.54, 1.807) is 0 Å². The molecule has 2 aromatic rings. The molecule has 100 valence electrons. The normalized spacial score (nSPS) is 19.5. The Labute approximate surface area is 118 Å². The minimum absolute atomic E-state index is 0.568. The summed E-state index contributed by atoms with van der Waals surface area (Å²) in [5.41, 5.74) is 2.36. The molecule has 4 heteroatoms. The van der Waals surface area contributed by atoms with E-state index in [0.29, 0.717) is 5.92 Å². The van der Waals surface area contributed by atoms with Gasteiger partial charge in [0, 0.05) is 25.3 Å². The van der Waals surface area contributed by atoms with Crippen molar-refractivity contribution < 1.29 is 4.74 Å². The van der Waals surface area contributed by atoms with Gasteiger partial charge in [-0.25, -0.2) is 0 Å². The topological polar surface area (TPSA) is 29.9 Å². The van der Waals surface area contributed by atoms with Crippen LogP contribution >= 0.6 is 12.2 Å². The van der Waals surface area contributed by atoms with E-state index in [1.165, 1.54) is 12.0 Å². The minimum atomic E-state index is 0.568. The largest absolute Gasteiger partial charge is 0.381 e. The highest BCUT2D eigenvalue weighted by Gasteiger charge is 2.16. The van der Waals surface area contributed by atoms with Gasteiger partial charge in [0.05, 0.1) is 12.3 Å². The first-order valence-electron chi connectivity index (χ1n) is 6.76. The molecule has 1 aromatic heterocycles. The Morgan fingerprint density at radius 1 is 1.32 bits per heavy atom. The molecule has 1 fully saturated rings. The Hall–Kier alpha value is -1.39. The zero-order valence-corrected chi connectivity index (χ0v) is 11.7. The predicted octanol–water partition coefficient (Wildman–Crippen LogP) is 3.64. The molecule has 2 heterocycles. The van der Waals surface area contributed by atoms with Crippen LogP contribution in [0.4, 0.5) is 0 Å². The van der Waals surface area contributed by atoms with Crippen LogP contribution < -0.4 is 0 Å². The molecule has 0 amide bonds. The van der Waals surface area contributed by atoms with Crippen LogP contribution in [0, 0.1) is 10.7 Å². The number of nitrogens with one attached hydrogen (secondary N) is 1. The first-order valence-corrected chi connectivity index (χ1v) is 7.17. The standard InChI is InChI=1S/C15H18N2OS/c19-15-16-9-14(13-6-2-1-3-7-13)17(15)10-12-5-4-8-18-11-12/h1-3,6-7,9,12H,4-5,8,10-11H2,(H,16,19). The maximum atomic E-state index is 5.56. The lowest BCUT2D eigenvalue weighted by Crippen LogP contribution is -2.22. The number of aromatic amines is 1. The molecule has 0 aliphatic carbocycles. The average molecular weight is 274 g/mol. The van der Waals surface area contributed by atoms with Crippen molar-refractivity contribution in [3.05, 3.63) is 41.3 Å². The van der Waals surface area contributed by atoms with Crippen molar-refractivity contribution in [3.8, 4) is 11.3 Å². The summed E-state index contributed by atoms with van der Waals surface area (Å²) in [7, 11) is 0. The van der Waals surface area contributed by atoms with E-state index in [-0.39, 0.29) is 0 Å². The molecular formula is C15H18N2OS. The summed E-state index contributed by atoms with van der Waals surface area (Å²) >= 11 is 5.41. The van der Waals surface area contributed by atoms with Crippen molar-refractivity contribution in [2.75, 3.05) is 13.2 Å². The quantitative estimate of drug-likeness (QED) is 0.866. The van der Waals surface area contributed by atoms with Crippen molar-refractivity contribution >= 4 is 12.2 Å². The lowest BCUT2D eigenvalue weighted by molar-refractivity contribution is 0.0484. The van der Waals surface area contributed by atoms with Crippen molar-refractivity contribution in [1.29, 1.82) is 0 Å². The van der Waals surface area contributed by atoms with Crippen LogP contribution in [0.2, 0.25) is 0 Å². The maximum Gasteiger partial charge on any atom is 0.177 e. The van der Waals surface area contributed by atoms with Gasteiger partial charge in [-0.3, -0.25) is 0 Å². The van der Waals surface area contributed by atoms with Gasteiger partial charge in [-0.2, -0.15) is 0 Å². The van der Waals surface area contributed by atoms with Crippen LogP contribution in [-0.4, -0.2) is 22.8 Å². The second-order valence-electron chi connectivity index (χ2n) is 5.04. The molecule has 0 spiro atoms. The second kappa shape index (κ2) is 5.72. The van der Waals surface area contributed by atoms with Crippen molar-refractivity contribution in [1.82, 2.24) is 9.55 Å². The van der Waals surface area contributed by atoms with Crippen molar-refractivity contribution in [3.63, 3.8) is 0 Å². The number of hydrogen-bond acceptors (Lipinski definition) is 2. The second-order valence-corrected chi connectivity index (χ2v) is 5.43. The van der Waals surface area contributed by atoms with Crippen LogP contribution in [-0.2, 0) is 11.3 Å². The first-order chi connectivity index (χ1) is 9.34. The molecule has 1 aromatic carbocycles. The molecular weight excluding hydrogens is 256 g/mol. The molecule has 3 nitrogen and oxygen atoms in total. The summed E-state index contributed by atoms with van der Waals surface area (Å²) < 4.78 is 8.55. The summed E-state index contributed by atoms with van der Waals surface area (Å²) in [5.74, 6) is 0.568. The van der Waals surface area contributed by atoms with E-state index in [2.05, 4.69) is 33.8 Å². The third-order valence-electron chi connectivity index (χ3n) is 3.63. The van der Waals surface area contributed by atoms with Crippen LogP contribution in [0.3, 0.4) is 0 Å². The summed E-state index contributed by atoms with van der Waals surface area (Å²) in [6.07, 6.45) is 4.38. The van der Waals surface area contributed by atoms with E-state index in [0.717, 1.165) is 36.6 Å². The number of benzene rings is 1. The van der Waals surface area contributed by atoms with Crippen LogP contribution in [0.15, 0.2) is 36.5 Å². The van der Waals surface area contributed by atoms with Gasteiger partial charge in [0.2, 0.25) is 0 Å². The highest BCUT2D eigenvalue weighted by Crippen LogP contribution is 2.23. The molecule has 1 saturated heterocycles. The maximum absolute atomic E-state index is 5.56. The average Bonchev–Trinajstić information content (AvgIpc) is 2.82. The zero-order valence-electron chi connectivity index (χ0n) is 10.8. The molecule has 19 heavy (non-hydrogen) atoms. The van der Waals surface area contributed by atoms with Gasteiger partial charge in [-0.1, -0.05) is 30.3 Å². The summed E-state index contributed by atoms with van der Waals surface area (Å²) in [5, 5.41) is 0. The third kappa shape index (κ3) is 2.80. The lowest BCUT2D eigenvalue weighted by atomic mass is 10.0. The lowest BCUT2D eigenvalue weighted by Gasteiger charge is -2.23. The molecule has 0 radical (unpaired) electrons. The fraction of sp³-hybridized carbons (Fsp3) is 0.400. The van der Waals surface area contributed by atoms with Gasteiger partial charge in [-0.05, 0) is 30.6 Å². The summed E-state index contributed by atoms with van der Waals surface area (Å²) in [6, 6.07) is 10.4. The fourth-order valence-electron chi connectivity index (χ4n) is 2.63. The Balaban J connectivity index is 1.88. The van der Waals surface area contributed by atoms with Gasteiger partial charge >= 0.3 is 0 Å². The van der Waals surface area contributed by atoms with Crippen LogP contribution in [0.1, 0.15) is 12.8 Å². The van der Waals surface area contributed by atoms with Crippen molar-refractivity contribution in [2.45, 2.75) is 19.4 Å². The number of aromatic nitrogens is 2. The molecule has 1 unspecified atom stereocenters. The summed E-state index contributed by atoms with van der Waals surface area (Å²) in [6.45, 7) is 2.69. The van der Waals surface area contributed by atoms with E-state index in [4.69, 9.17) is 17.0 Å². The number of H-pyrrole nitrogens is 1. The Bertz CT molecular complexity index is 582. The molecule has 1 aliphatic rings. The predicted molar refractivity (Wildman–Crippen MR) is 78.6 cm³/mol. The Morgan fingerprint density at radius 2 is 2.16 bits per heavy atom. The number of nitrogens with zero attached hydrogens (tertiary/aromatic N) is 1.